The fourth-order valence-corrected chi connectivity index (χ4v) is 2.16. The molecule has 0 aromatic heterocycles. The third-order valence-electron chi connectivity index (χ3n) is 1.93. The van der Waals surface area contributed by atoms with Gasteiger partial charge in [-0.2, -0.15) is 0 Å². The zero-order valence-corrected chi connectivity index (χ0v) is 9.58. The summed E-state index contributed by atoms with van der Waals surface area (Å²) in [6.07, 6.45) is -0.0861. The van der Waals surface area contributed by atoms with E-state index in [0.29, 0.717) is 10.5 Å². The van der Waals surface area contributed by atoms with Crippen molar-refractivity contribution in [1.29, 1.82) is 0 Å². The molecule has 0 aliphatic carbocycles. The van der Waals surface area contributed by atoms with E-state index in [9.17, 15) is 9.59 Å². The maximum absolute atomic E-state index is 10.9. The van der Waals surface area contributed by atoms with Gasteiger partial charge < -0.3 is 10.2 Å². The van der Waals surface area contributed by atoms with Crippen molar-refractivity contribution in [1.82, 2.24) is 0 Å². The summed E-state index contributed by atoms with van der Waals surface area (Å²) in [6, 6.07) is 4.63. The van der Waals surface area contributed by atoms with Gasteiger partial charge in [-0.1, -0.05) is 13.0 Å². The van der Waals surface area contributed by atoms with Gasteiger partial charge in [-0.3, -0.25) is 4.79 Å². The SMILES string of the molecule is CCSc1cc(CC(=O)O)ccc1C(=O)O. The molecule has 0 heterocycles. The molecule has 5 heteroatoms. The van der Waals surface area contributed by atoms with Gasteiger partial charge in [-0.05, 0) is 23.4 Å². The van der Waals surface area contributed by atoms with Gasteiger partial charge in [-0.15, -0.1) is 11.8 Å². The van der Waals surface area contributed by atoms with Crippen LogP contribution in [0.15, 0.2) is 23.1 Å². The third-order valence-corrected chi connectivity index (χ3v) is 2.87. The van der Waals surface area contributed by atoms with Crippen LogP contribution in [0.3, 0.4) is 0 Å². The largest absolute Gasteiger partial charge is 0.481 e. The average Bonchev–Trinajstić information content (AvgIpc) is 2.17. The van der Waals surface area contributed by atoms with Crippen molar-refractivity contribution in [2.45, 2.75) is 18.2 Å². The Morgan fingerprint density at radius 1 is 1.31 bits per heavy atom. The molecular weight excluding hydrogens is 228 g/mol. The Morgan fingerprint density at radius 2 is 2.00 bits per heavy atom. The highest BCUT2D eigenvalue weighted by molar-refractivity contribution is 7.99. The first kappa shape index (κ1) is 12.6. The van der Waals surface area contributed by atoms with Crippen molar-refractivity contribution in [3.63, 3.8) is 0 Å². The Morgan fingerprint density at radius 3 is 2.50 bits per heavy atom. The van der Waals surface area contributed by atoms with Crippen molar-refractivity contribution < 1.29 is 19.8 Å². The standard InChI is InChI=1S/C11H12O4S/c1-2-16-9-5-7(6-10(12)13)3-4-8(9)11(14)15/h3-5H,2,6H2,1H3,(H,12,13)(H,14,15). The van der Waals surface area contributed by atoms with Gasteiger partial charge in [0.1, 0.15) is 0 Å². The number of hydrogen-bond donors (Lipinski definition) is 2. The number of aromatic carboxylic acids is 1. The lowest BCUT2D eigenvalue weighted by atomic mass is 10.1. The van der Waals surface area contributed by atoms with Crippen molar-refractivity contribution in [2.24, 2.45) is 0 Å². The second-order valence-corrected chi connectivity index (χ2v) is 4.45. The Bertz CT molecular complexity index is 414. The first-order valence-corrected chi connectivity index (χ1v) is 5.74. The number of carboxylic acids is 2. The number of carboxylic acid groups (broad SMARTS) is 2. The average molecular weight is 240 g/mol. The Kier molecular flexibility index (Phi) is 4.37. The van der Waals surface area contributed by atoms with Gasteiger partial charge in [0.15, 0.2) is 0 Å². The summed E-state index contributed by atoms with van der Waals surface area (Å²) in [4.78, 5) is 22.1. The van der Waals surface area contributed by atoms with Crippen LogP contribution in [0.5, 0.6) is 0 Å². The fourth-order valence-electron chi connectivity index (χ4n) is 1.30. The van der Waals surface area contributed by atoms with Crippen molar-refractivity contribution in [3.05, 3.63) is 29.3 Å². The molecule has 86 valence electrons. The summed E-state index contributed by atoms with van der Waals surface area (Å²) in [6.45, 7) is 1.92. The molecule has 0 aliphatic heterocycles. The molecule has 1 aromatic rings. The maximum Gasteiger partial charge on any atom is 0.336 e. The van der Waals surface area contributed by atoms with Gasteiger partial charge in [0, 0.05) is 4.90 Å². The zero-order chi connectivity index (χ0) is 12.1. The molecule has 0 saturated carbocycles. The second kappa shape index (κ2) is 5.55. The highest BCUT2D eigenvalue weighted by Crippen LogP contribution is 2.24. The number of benzene rings is 1. The number of carbonyl (C=O) groups is 2. The zero-order valence-electron chi connectivity index (χ0n) is 8.77. The number of aliphatic carboxylic acids is 1. The van der Waals surface area contributed by atoms with Crippen molar-refractivity contribution in [3.8, 4) is 0 Å². The highest BCUT2D eigenvalue weighted by atomic mass is 32.2. The molecule has 16 heavy (non-hydrogen) atoms. The van der Waals surface area contributed by atoms with E-state index in [1.54, 1.807) is 6.07 Å². The summed E-state index contributed by atoms with van der Waals surface area (Å²) in [5.74, 6) is -1.16. The molecule has 0 fully saturated rings. The van der Waals surface area contributed by atoms with Crippen LogP contribution in [-0.4, -0.2) is 27.9 Å². The summed E-state index contributed by atoms with van der Waals surface area (Å²) < 4.78 is 0. The van der Waals surface area contributed by atoms with Gasteiger partial charge in [0.25, 0.3) is 0 Å². The molecule has 0 bridgehead atoms. The monoisotopic (exact) mass is 240 g/mol. The van der Waals surface area contributed by atoms with E-state index in [0.717, 1.165) is 5.75 Å². The highest BCUT2D eigenvalue weighted by Gasteiger charge is 2.11. The van der Waals surface area contributed by atoms with E-state index in [1.807, 2.05) is 6.92 Å². The van der Waals surface area contributed by atoms with Crippen LogP contribution in [0.25, 0.3) is 0 Å². The van der Waals surface area contributed by atoms with Crippen LogP contribution >= 0.6 is 11.8 Å². The van der Waals surface area contributed by atoms with E-state index in [-0.39, 0.29) is 12.0 Å². The van der Waals surface area contributed by atoms with Crippen LogP contribution in [0.1, 0.15) is 22.8 Å². The molecule has 2 N–H and O–H groups in total. The summed E-state index contributed by atoms with van der Waals surface area (Å²) >= 11 is 1.40. The smallest absolute Gasteiger partial charge is 0.336 e. The molecule has 0 amide bonds. The number of hydrogen-bond acceptors (Lipinski definition) is 3. The number of thioether (sulfide) groups is 1. The molecule has 1 aromatic carbocycles. The van der Waals surface area contributed by atoms with Crippen LogP contribution in [0.4, 0.5) is 0 Å². The minimum Gasteiger partial charge on any atom is -0.481 e. The molecule has 0 atom stereocenters. The Hall–Kier alpha value is -1.49. The lowest BCUT2D eigenvalue weighted by Gasteiger charge is -2.06. The molecule has 0 spiro atoms. The topological polar surface area (TPSA) is 74.6 Å². The van der Waals surface area contributed by atoms with E-state index >= 15 is 0 Å². The van der Waals surface area contributed by atoms with Crippen LogP contribution in [0, 0.1) is 0 Å². The van der Waals surface area contributed by atoms with Crippen LogP contribution in [0.2, 0.25) is 0 Å². The van der Waals surface area contributed by atoms with Crippen molar-refractivity contribution >= 4 is 23.7 Å². The Labute approximate surface area is 97.3 Å². The van der Waals surface area contributed by atoms with Gasteiger partial charge in [0.05, 0.1) is 12.0 Å². The van der Waals surface area contributed by atoms with Crippen LogP contribution < -0.4 is 0 Å². The molecule has 0 aliphatic rings. The van der Waals surface area contributed by atoms with E-state index < -0.39 is 11.9 Å². The van der Waals surface area contributed by atoms with E-state index in [2.05, 4.69) is 0 Å². The fraction of sp³-hybridized carbons (Fsp3) is 0.273. The van der Waals surface area contributed by atoms with Crippen LogP contribution in [-0.2, 0) is 11.2 Å². The minimum atomic E-state index is -0.988. The van der Waals surface area contributed by atoms with Gasteiger partial charge in [0.2, 0.25) is 0 Å². The van der Waals surface area contributed by atoms with E-state index in [4.69, 9.17) is 10.2 Å². The summed E-state index contributed by atoms with van der Waals surface area (Å²) in [5, 5.41) is 17.6. The van der Waals surface area contributed by atoms with Crippen molar-refractivity contribution in [2.75, 3.05) is 5.75 Å². The third kappa shape index (κ3) is 3.27. The molecule has 0 saturated heterocycles. The van der Waals surface area contributed by atoms with Gasteiger partial charge in [-0.25, -0.2) is 4.79 Å². The maximum atomic E-state index is 10.9. The lowest BCUT2D eigenvalue weighted by Crippen LogP contribution is -2.03. The van der Waals surface area contributed by atoms with E-state index in [1.165, 1.54) is 23.9 Å². The summed E-state index contributed by atoms with van der Waals surface area (Å²) in [7, 11) is 0. The molecule has 0 unspecified atom stereocenters. The molecule has 4 nitrogen and oxygen atoms in total. The van der Waals surface area contributed by atoms with Gasteiger partial charge >= 0.3 is 11.9 Å². The first-order valence-electron chi connectivity index (χ1n) is 4.75. The summed E-state index contributed by atoms with van der Waals surface area (Å²) in [5.41, 5.74) is 0.842. The predicted molar refractivity (Wildman–Crippen MR) is 61.1 cm³/mol. The quantitative estimate of drug-likeness (QED) is 0.771. The molecule has 1 rings (SSSR count). The minimum absolute atomic E-state index is 0.0861. The molecule has 0 radical (unpaired) electrons. The molecular formula is C11H12O4S. The normalized spacial score (nSPS) is 10.1. The predicted octanol–water partition coefficient (Wildman–Crippen LogP) is 2.12. The first-order chi connectivity index (χ1) is 7.54. The number of rotatable bonds is 5. The lowest BCUT2D eigenvalue weighted by molar-refractivity contribution is -0.136. The Balaban J connectivity index is 3.06. The second-order valence-electron chi connectivity index (χ2n) is 3.14.